The summed E-state index contributed by atoms with van der Waals surface area (Å²) in [6.45, 7) is 2.32. The molecule has 152 valence electrons. The van der Waals surface area contributed by atoms with Crippen molar-refractivity contribution in [1.29, 1.82) is 0 Å². The molecule has 0 spiro atoms. The Morgan fingerprint density at radius 1 is 1.10 bits per heavy atom. The zero-order chi connectivity index (χ0) is 21.3. The van der Waals surface area contributed by atoms with E-state index in [2.05, 4.69) is 15.2 Å². The average molecular weight is 412 g/mol. The van der Waals surface area contributed by atoms with Crippen LogP contribution in [-0.2, 0) is 12.7 Å². The van der Waals surface area contributed by atoms with Crippen LogP contribution in [0.3, 0.4) is 0 Å². The molecule has 0 aliphatic carbocycles. The van der Waals surface area contributed by atoms with E-state index in [9.17, 15) is 18.0 Å². The fraction of sp³-hybridized carbons (Fsp3) is 0.143. The normalized spacial score (nSPS) is 11.6. The number of carbonyl (C=O) groups is 1. The molecule has 0 amide bonds. The van der Waals surface area contributed by atoms with Crippen LogP contribution in [0.15, 0.2) is 59.1 Å². The number of alkyl halides is 3. The fourth-order valence-corrected chi connectivity index (χ4v) is 2.97. The van der Waals surface area contributed by atoms with Crippen molar-refractivity contribution in [3.63, 3.8) is 0 Å². The third kappa shape index (κ3) is 4.00. The molecule has 4 rings (SSSR count). The van der Waals surface area contributed by atoms with Crippen LogP contribution >= 0.6 is 0 Å². The summed E-state index contributed by atoms with van der Waals surface area (Å²) < 4.78 is 45.1. The van der Waals surface area contributed by atoms with Gasteiger partial charge in [-0.15, -0.1) is 0 Å². The van der Waals surface area contributed by atoms with Gasteiger partial charge in [0.05, 0.1) is 12.1 Å². The van der Waals surface area contributed by atoms with E-state index in [1.54, 1.807) is 28.9 Å². The van der Waals surface area contributed by atoms with Gasteiger partial charge in [-0.3, -0.25) is 9.48 Å². The van der Waals surface area contributed by atoms with Gasteiger partial charge in [0, 0.05) is 16.8 Å². The Balaban J connectivity index is 1.56. The molecule has 4 aromatic rings. The minimum Gasteiger partial charge on any atom is -0.332 e. The van der Waals surface area contributed by atoms with Crippen molar-refractivity contribution in [1.82, 2.24) is 19.9 Å². The van der Waals surface area contributed by atoms with Gasteiger partial charge in [0.1, 0.15) is 6.29 Å². The molecule has 0 fully saturated rings. The molecule has 0 unspecified atom stereocenters. The van der Waals surface area contributed by atoms with Crippen molar-refractivity contribution in [2.24, 2.45) is 0 Å². The van der Waals surface area contributed by atoms with Crippen LogP contribution in [0, 0.1) is 6.92 Å². The van der Waals surface area contributed by atoms with Crippen molar-refractivity contribution in [3.8, 4) is 23.0 Å². The molecule has 0 N–H and O–H groups in total. The van der Waals surface area contributed by atoms with Crippen LogP contribution in [0.5, 0.6) is 0 Å². The van der Waals surface area contributed by atoms with Gasteiger partial charge >= 0.3 is 6.18 Å². The first-order chi connectivity index (χ1) is 14.3. The molecule has 0 radical (unpaired) electrons. The maximum atomic E-state index is 12.7. The molecule has 0 saturated carbocycles. The largest absolute Gasteiger partial charge is 0.416 e. The van der Waals surface area contributed by atoms with Crippen molar-refractivity contribution >= 4 is 6.29 Å². The van der Waals surface area contributed by atoms with Crippen LogP contribution in [0.2, 0.25) is 0 Å². The molecule has 2 aromatic carbocycles. The maximum absolute atomic E-state index is 12.7. The smallest absolute Gasteiger partial charge is 0.332 e. The van der Waals surface area contributed by atoms with Crippen LogP contribution < -0.4 is 0 Å². The molecule has 2 aromatic heterocycles. The number of carbonyl (C=O) groups excluding carboxylic acids is 1. The summed E-state index contributed by atoms with van der Waals surface area (Å²) in [5.41, 5.74) is 2.44. The summed E-state index contributed by atoms with van der Waals surface area (Å²) in [5.74, 6) is 0.331. The zero-order valence-corrected chi connectivity index (χ0v) is 15.7. The van der Waals surface area contributed by atoms with Crippen molar-refractivity contribution in [2.75, 3.05) is 0 Å². The minimum atomic E-state index is -4.41. The summed E-state index contributed by atoms with van der Waals surface area (Å²) in [5, 5.41) is 8.31. The molecule has 6 nitrogen and oxygen atoms in total. The predicted octanol–water partition coefficient (Wildman–Crippen LogP) is 4.79. The highest BCUT2D eigenvalue weighted by atomic mass is 19.4. The average Bonchev–Trinajstić information content (AvgIpc) is 3.35. The lowest BCUT2D eigenvalue weighted by Crippen LogP contribution is -2.04. The van der Waals surface area contributed by atoms with E-state index in [0.717, 1.165) is 29.7 Å². The number of nitrogens with zero attached hydrogens (tertiary/aromatic N) is 4. The summed E-state index contributed by atoms with van der Waals surface area (Å²) in [6, 6.07) is 13.5. The number of rotatable bonds is 5. The van der Waals surface area contributed by atoms with Crippen molar-refractivity contribution in [2.45, 2.75) is 19.6 Å². The predicted molar refractivity (Wildman–Crippen MR) is 102 cm³/mol. The number of halogens is 3. The molecular formula is C21H15F3N4O2. The Kier molecular flexibility index (Phi) is 4.94. The Hall–Kier alpha value is -3.75. The quantitative estimate of drug-likeness (QED) is 0.441. The first-order valence-corrected chi connectivity index (χ1v) is 8.94. The topological polar surface area (TPSA) is 73.8 Å². The highest BCUT2D eigenvalue weighted by Crippen LogP contribution is 2.31. The first kappa shape index (κ1) is 19.6. The van der Waals surface area contributed by atoms with Crippen LogP contribution in [0.4, 0.5) is 13.2 Å². The lowest BCUT2D eigenvalue weighted by atomic mass is 10.1. The van der Waals surface area contributed by atoms with Crippen LogP contribution in [0.1, 0.15) is 27.2 Å². The van der Waals surface area contributed by atoms with Crippen molar-refractivity contribution < 1.29 is 22.5 Å². The second kappa shape index (κ2) is 7.58. The summed E-state index contributed by atoms with van der Waals surface area (Å²) in [6.07, 6.45) is -3.62. The fourth-order valence-electron chi connectivity index (χ4n) is 2.97. The van der Waals surface area contributed by atoms with E-state index in [1.165, 1.54) is 12.1 Å². The number of hydrogen-bond acceptors (Lipinski definition) is 5. The third-order valence-electron chi connectivity index (χ3n) is 4.52. The molecule has 2 heterocycles. The molecule has 0 bridgehead atoms. The summed E-state index contributed by atoms with van der Waals surface area (Å²) >= 11 is 0. The number of aromatic nitrogens is 4. The third-order valence-corrected chi connectivity index (χ3v) is 4.52. The van der Waals surface area contributed by atoms with E-state index >= 15 is 0 Å². The number of aryl methyl sites for hydroxylation is 1. The van der Waals surface area contributed by atoms with Gasteiger partial charge in [-0.2, -0.15) is 23.3 Å². The SMILES string of the molecule is Cc1cc(-c2nc(-c3ccc(C(F)(F)F)cc3)no2)nn1Cc1cccc(C=O)c1. The van der Waals surface area contributed by atoms with Gasteiger partial charge in [0.15, 0.2) is 5.69 Å². The second-order valence-electron chi connectivity index (χ2n) is 6.69. The number of hydrogen-bond donors (Lipinski definition) is 0. The van der Waals surface area contributed by atoms with Gasteiger partial charge in [-0.05, 0) is 36.8 Å². The Bertz CT molecular complexity index is 1190. The first-order valence-electron chi connectivity index (χ1n) is 8.94. The van der Waals surface area contributed by atoms with Gasteiger partial charge in [0.2, 0.25) is 5.82 Å². The van der Waals surface area contributed by atoms with Crippen LogP contribution in [-0.4, -0.2) is 26.2 Å². The lowest BCUT2D eigenvalue weighted by molar-refractivity contribution is -0.137. The van der Waals surface area contributed by atoms with E-state index in [1.807, 2.05) is 13.0 Å². The molecule has 30 heavy (non-hydrogen) atoms. The van der Waals surface area contributed by atoms with E-state index < -0.39 is 11.7 Å². The standard InChI is InChI=1S/C21H15F3N4O2/c1-13-9-18(26-28(13)11-14-3-2-4-15(10-14)12-29)20-25-19(27-30-20)16-5-7-17(8-6-16)21(22,23)24/h2-10,12H,11H2,1H3. The van der Waals surface area contributed by atoms with Gasteiger partial charge in [-0.1, -0.05) is 35.5 Å². The van der Waals surface area contributed by atoms with E-state index in [-0.39, 0.29) is 11.7 Å². The molecular weight excluding hydrogens is 397 g/mol. The Morgan fingerprint density at radius 3 is 2.57 bits per heavy atom. The number of aldehydes is 1. The molecule has 9 heteroatoms. The van der Waals surface area contributed by atoms with Gasteiger partial charge < -0.3 is 4.52 Å². The second-order valence-corrected chi connectivity index (χ2v) is 6.69. The highest BCUT2D eigenvalue weighted by molar-refractivity contribution is 5.74. The van der Waals surface area contributed by atoms with Crippen LogP contribution in [0.25, 0.3) is 23.0 Å². The minimum absolute atomic E-state index is 0.161. The molecule has 0 saturated heterocycles. The number of benzene rings is 2. The Labute approximate surface area is 169 Å². The highest BCUT2D eigenvalue weighted by Gasteiger charge is 2.30. The van der Waals surface area contributed by atoms with Crippen molar-refractivity contribution in [3.05, 3.63) is 77.0 Å². The Morgan fingerprint density at radius 2 is 1.87 bits per heavy atom. The van der Waals surface area contributed by atoms with Gasteiger partial charge in [-0.25, -0.2) is 0 Å². The molecule has 0 aliphatic heterocycles. The zero-order valence-electron chi connectivity index (χ0n) is 15.7. The van der Waals surface area contributed by atoms with Gasteiger partial charge in [0.25, 0.3) is 5.89 Å². The monoisotopic (exact) mass is 412 g/mol. The summed E-state index contributed by atoms with van der Waals surface area (Å²) in [4.78, 5) is 15.2. The van der Waals surface area contributed by atoms with E-state index in [4.69, 9.17) is 4.52 Å². The molecule has 0 atom stereocenters. The molecule has 0 aliphatic rings. The lowest BCUT2D eigenvalue weighted by Gasteiger charge is -2.05. The van der Waals surface area contributed by atoms with E-state index in [0.29, 0.717) is 23.4 Å². The maximum Gasteiger partial charge on any atom is 0.416 e. The summed E-state index contributed by atoms with van der Waals surface area (Å²) in [7, 11) is 0.